The van der Waals surface area contributed by atoms with Crippen LogP contribution in [-0.2, 0) is 11.3 Å². The zero-order chi connectivity index (χ0) is 19.4. The number of rotatable bonds is 5. The van der Waals surface area contributed by atoms with Crippen molar-refractivity contribution in [2.75, 3.05) is 5.32 Å². The Labute approximate surface area is 158 Å². The lowest BCUT2D eigenvalue weighted by Gasteiger charge is -2.08. The molecule has 2 amide bonds. The molecule has 0 saturated carbocycles. The van der Waals surface area contributed by atoms with Crippen LogP contribution in [0.3, 0.4) is 0 Å². The summed E-state index contributed by atoms with van der Waals surface area (Å²) in [4.78, 5) is 23.5. The minimum atomic E-state index is -0.171. The molecule has 2 N–H and O–H groups in total. The van der Waals surface area contributed by atoms with Gasteiger partial charge in [-0.05, 0) is 50.2 Å². The Bertz CT molecular complexity index is 960. The monoisotopic (exact) mass is 362 g/mol. The van der Waals surface area contributed by atoms with E-state index in [2.05, 4.69) is 15.7 Å². The number of amides is 2. The highest BCUT2D eigenvalue weighted by atomic mass is 16.2. The molecule has 2 aromatic carbocycles. The number of benzene rings is 2. The van der Waals surface area contributed by atoms with Crippen LogP contribution < -0.4 is 10.6 Å². The van der Waals surface area contributed by atoms with Gasteiger partial charge in [0.2, 0.25) is 5.91 Å². The summed E-state index contributed by atoms with van der Waals surface area (Å²) in [6.45, 7) is 5.78. The van der Waals surface area contributed by atoms with Crippen molar-refractivity contribution in [1.82, 2.24) is 15.1 Å². The molecular formula is C21H22N4O2. The zero-order valence-corrected chi connectivity index (χ0v) is 15.6. The van der Waals surface area contributed by atoms with Gasteiger partial charge in [-0.2, -0.15) is 5.10 Å². The fourth-order valence-corrected chi connectivity index (χ4v) is 2.93. The highest BCUT2D eigenvalue weighted by molar-refractivity contribution is 5.95. The lowest BCUT2D eigenvalue weighted by molar-refractivity contribution is -0.114. The smallest absolute Gasteiger partial charge is 0.251 e. The van der Waals surface area contributed by atoms with E-state index in [1.807, 2.05) is 48.9 Å². The number of nitrogens with one attached hydrogen (secondary N) is 2. The second kappa shape index (κ2) is 7.86. The van der Waals surface area contributed by atoms with Crippen LogP contribution in [0.2, 0.25) is 0 Å². The Morgan fingerprint density at radius 3 is 2.30 bits per heavy atom. The summed E-state index contributed by atoms with van der Waals surface area (Å²) in [7, 11) is 0. The van der Waals surface area contributed by atoms with Gasteiger partial charge < -0.3 is 10.6 Å². The number of hydrogen-bond acceptors (Lipinski definition) is 3. The highest BCUT2D eigenvalue weighted by Crippen LogP contribution is 2.18. The second-order valence-electron chi connectivity index (χ2n) is 6.34. The Morgan fingerprint density at radius 1 is 1.00 bits per heavy atom. The lowest BCUT2D eigenvalue weighted by Crippen LogP contribution is -2.23. The van der Waals surface area contributed by atoms with Crippen molar-refractivity contribution in [1.29, 1.82) is 0 Å². The van der Waals surface area contributed by atoms with E-state index in [1.54, 1.807) is 24.3 Å². The quantitative estimate of drug-likeness (QED) is 0.731. The number of carbonyl (C=O) groups excluding carboxylic acids is 2. The van der Waals surface area contributed by atoms with Crippen molar-refractivity contribution >= 4 is 17.5 Å². The molecule has 1 aromatic heterocycles. The standard InChI is InChI=1S/C21H22N4O2/c1-14-20(15(2)25(24-14)19-7-5-4-6-8-19)13-22-21(27)17-9-11-18(12-10-17)23-16(3)26/h4-12H,13H2,1-3H3,(H,22,27)(H,23,26). The zero-order valence-electron chi connectivity index (χ0n) is 15.6. The van der Waals surface area contributed by atoms with E-state index in [1.165, 1.54) is 6.92 Å². The third-order valence-corrected chi connectivity index (χ3v) is 4.34. The third kappa shape index (κ3) is 4.23. The van der Waals surface area contributed by atoms with Crippen LogP contribution in [0.15, 0.2) is 54.6 Å². The molecule has 0 saturated heterocycles. The molecule has 3 rings (SSSR count). The van der Waals surface area contributed by atoms with Gasteiger partial charge >= 0.3 is 0 Å². The second-order valence-corrected chi connectivity index (χ2v) is 6.34. The number of aromatic nitrogens is 2. The van der Waals surface area contributed by atoms with E-state index >= 15 is 0 Å². The summed E-state index contributed by atoms with van der Waals surface area (Å²) in [6.07, 6.45) is 0. The fourth-order valence-electron chi connectivity index (χ4n) is 2.93. The van der Waals surface area contributed by atoms with Crippen LogP contribution in [0.25, 0.3) is 5.69 Å². The normalized spacial score (nSPS) is 10.5. The summed E-state index contributed by atoms with van der Waals surface area (Å²) >= 11 is 0. The number of carbonyl (C=O) groups is 2. The molecule has 0 atom stereocenters. The predicted octanol–water partition coefficient (Wildman–Crippen LogP) is 3.38. The van der Waals surface area contributed by atoms with E-state index in [0.29, 0.717) is 17.8 Å². The summed E-state index contributed by atoms with van der Waals surface area (Å²) in [5, 5.41) is 10.2. The lowest BCUT2D eigenvalue weighted by atomic mass is 10.1. The van der Waals surface area contributed by atoms with Crippen molar-refractivity contribution in [2.45, 2.75) is 27.3 Å². The van der Waals surface area contributed by atoms with Crippen molar-refractivity contribution < 1.29 is 9.59 Å². The summed E-state index contributed by atoms with van der Waals surface area (Å²) in [5.74, 6) is -0.316. The van der Waals surface area contributed by atoms with E-state index < -0.39 is 0 Å². The molecule has 1 heterocycles. The van der Waals surface area contributed by atoms with Crippen LogP contribution in [-0.4, -0.2) is 21.6 Å². The summed E-state index contributed by atoms with van der Waals surface area (Å²) < 4.78 is 1.89. The Morgan fingerprint density at radius 2 is 1.67 bits per heavy atom. The van der Waals surface area contributed by atoms with Crippen molar-refractivity contribution in [3.8, 4) is 5.69 Å². The average Bonchev–Trinajstić information content (AvgIpc) is 2.94. The minimum Gasteiger partial charge on any atom is -0.348 e. The Hall–Kier alpha value is -3.41. The Balaban J connectivity index is 1.70. The predicted molar refractivity (Wildman–Crippen MR) is 105 cm³/mol. The van der Waals surface area contributed by atoms with E-state index in [0.717, 1.165) is 22.6 Å². The molecule has 27 heavy (non-hydrogen) atoms. The van der Waals surface area contributed by atoms with Gasteiger partial charge in [-0.1, -0.05) is 18.2 Å². The topological polar surface area (TPSA) is 76.0 Å². The van der Waals surface area contributed by atoms with Crippen LogP contribution in [0.4, 0.5) is 5.69 Å². The number of para-hydroxylation sites is 1. The van der Waals surface area contributed by atoms with Gasteiger partial charge in [0, 0.05) is 36.0 Å². The maximum Gasteiger partial charge on any atom is 0.251 e. The molecule has 0 radical (unpaired) electrons. The van der Waals surface area contributed by atoms with Gasteiger partial charge in [0.25, 0.3) is 5.91 Å². The third-order valence-electron chi connectivity index (χ3n) is 4.34. The number of hydrogen-bond donors (Lipinski definition) is 2. The molecule has 6 nitrogen and oxygen atoms in total. The van der Waals surface area contributed by atoms with Crippen LogP contribution in [0.5, 0.6) is 0 Å². The number of aryl methyl sites for hydroxylation is 1. The first-order valence-corrected chi connectivity index (χ1v) is 8.72. The van der Waals surface area contributed by atoms with Crippen LogP contribution in [0, 0.1) is 13.8 Å². The van der Waals surface area contributed by atoms with Gasteiger partial charge in [-0.15, -0.1) is 0 Å². The van der Waals surface area contributed by atoms with Crippen molar-refractivity contribution in [3.05, 3.63) is 77.1 Å². The molecule has 3 aromatic rings. The van der Waals surface area contributed by atoms with Gasteiger partial charge in [-0.3, -0.25) is 9.59 Å². The highest BCUT2D eigenvalue weighted by Gasteiger charge is 2.14. The van der Waals surface area contributed by atoms with E-state index in [4.69, 9.17) is 0 Å². The first kappa shape index (κ1) is 18.4. The molecule has 0 unspecified atom stereocenters. The van der Waals surface area contributed by atoms with Crippen molar-refractivity contribution in [2.24, 2.45) is 0 Å². The van der Waals surface area contributed by atoms with Gasteiger partial charge in [-0.25, -0.2) is 4.68 Å². The molecule has 6 heteroatoms. The maximum atomic E-state index is 12.4. The molecule has 138 valence electrons. The number of anilines is 1. The molecule has 0 aliphatic carbocycles. The van der Waals surface area contributed by atoms with Gasteiger partial charge in [0.05, 0.1) is 11.4 Å². The minimum absolute atomic E-state index is 0.145. The fraction of sp³-hybridized carbons (Fsp3) is 0.190. The summed E-state index contributed by atoms with van der Waals surface area (Å²) in [5.41, 5.74) is 5.08. The molecule has 0 bridgehead atoms. The van der Waals surface area contributed by atoms with Gasteiger partial charge in [0.1, 0.15) is 0 Å². The average molecular weight is 362 g/mol. The molecule has 0 fully saturated rings. The maximum absolute atomic E-state index is 12.4. The first-order chi connectivity index (χ1) is 13.0. The first-order valence-electron chi connectivity index (χ1n) is 8.72. The van der Waals surface area contributed by atoms with E-state index in [9.17, 15) is 9.59 Å². The van der Waals surface area contributed by atoms with Crippen molar-refractivity contribution in [3.63, 3.8) is 0 Å². The molecule has 0 aliphatic rings. The van der Waals surface area contributed by atoms with Crippen LogP contribution in [0.1, 0.15) is 34.2 Å². The Kier molecular flexibility index (Phi) is 5.35. The van der Waals surface area contributed by atoms with E-state index in [-0.39, 0.29) is 11.8 Å². The number of nitrogens with zero attached hydrogens (tertiary/aromatic N) is 2. The van der Waals surface area contributed by atoms with Gasteiger partial charge in [0.15, 0.2) is 0 Å². The van der Waals surface area contributed by atoms with Crippen LogP contribution >= 0.6 is 0 Å². The summed E-state index contributed by atoms with van der Waals surface area (Å²) in [6, 6.07) is 16.7. The largest absolute Gasteiger partial charge is 0.348 e. The SMILES string of the molecule is CC(=O)Nc1ccc(C(=O)NCc2c(C)nn(-c3ccccc3)c2C)cc1. The molecule has 0 spiro atoms. The molecular weight excluding hydrogens is 340 g/mol. The molecule has 0 aliphatic heterocycles.